The summed E-state index contributed by atoms with van der Waals surface area (Å²) in [4.78, 5) is 27.7. The smallest absolute Gasteiger partial charge is 0.269 e. The second kappa shape index (κ2) is 8.72. The molecule has 1 fully saturated rings. The van der Waals surface area contributed by atoms with Crippen LogP contribution in [0.2, 0.25) is 0 Å². The number of non-ortho nitro benzene ring substituents is 1. The minimum atomic E-state index is -0.431. The maximum atomic E-state index is 13.9. The second-order valence-corrected chi connectivity index (χ2v) is 11.8. The quantitative estimate of drug-likeness (QED) is 0.305. The van der Waals surface area contributed by atoms with Crippen molar-refractivity contribution in [1.29, 1.82) is 0 Å². The van der Waals surface area contributed by atoms with Crippen LogP contribution in [0.1, 0.15) is 63.6 Å². The molecule has 0 spiro atoms. The van der Waals surface area contributed by atoms with E-state index in [0.29, 0.717) is 12.3 Å². The van der Waals surface area contributed by atoms with Crippen molar-refractivity contribution in [2.45, 2.75) is 52.5 Å². The van der Waals surface area contributed by atoms with Gasteiger partial charge in [0.15, 0.2) is 5.78 Å². The van der Waals surface area contributed by atoms with Crippen molar-refractivity contribution in [2.24, 2.45) is 11.3 Å². The molecule has 1 aliphatic carbocycles. The van der Waals surface area contributed by atoms with Gasteiger partial charge in [-0.2, -0.15) is 0 Å². The third-order valence-electron chi connectivity index (χ3n) is 8.27. The zero-order chi connectivity index (χ0) is 25.9. The lowest BCUT2D eigenvalue weighted by atomic mass is 9.67. The van der Waals surface area contributed by atoms with Crippen molar-refractivity contribution >= 4 is 39.2 Å². The Morgan fingerprint density at radius 2 is 1.89 bits per heavy atom. The Balaban J connectivity index is 1.60. The largest absolute Gasteiger partial charge is 0.373 e. The number of hydrogen-bond acceptors (Lipinski definition) is 5. The van der Waals surface area contributed by atoms with Crippen LogP contribution < -0.4 is 10.2 Å². The first kappa shape index (κ1) is 23.7. The van der Waals surface area contributed by atoms with Crippen molar-refractivity contribution in [3.8, 4) is 0 Å². The molecule has 190 valence electrons. The number of benzene rings is 3. The van der Waals surface area contributed by atoms with Gasteiger partial charge in [-0.1, -0.05) is 51.1 Å². The van der Waals surface area contributed by atoms with Crippen molar-refractivity contribution in [3.05, 3.63) is 81.4 Å². The van der Waals surface area contributed by atoms with Crippen LogP contribution in [0.4, 0.5) is 17.1 Å². The predicted octanol–water partition coefficient (Wildman–Crippen LogP) is 7.29. The highest BCUT2D eigenvalue weighted by Gasteiger charge is 2.42. The first-order chi connectivity index (χ1) is 17.7. The number of nitrogens with one attached hydrogen (secondary N) is 1. The van der Waals surface area contributed by atoms with Crippen LogP contribution in [0.5, 0.6) is 0 Å². The number of nitrogens with zero attached hydrogens (tertiary/aromatic N) is 2. The summed E-state index contributed by atoms with van der Waals surface area (Å²) < 4.78 is 0. The first-order valence-electron chi connectivity index (χ1n) is 13.3. The van der Waals surface area contributed by atoms with Gasteiger partial charge in [0, 0.05) is 59.7 Å². The number of anilines is 2. The molecule has 6 rings (SSSR count). The van der Waals surface area contributed by atoms with E-state index in [1.54, 1.807) is 12.1 Å². The fourth-order valence-corrected chi connectivity index (χ4v) is 6.65. The number of Topliss-reactive ketones (excluding diaryl/α,β-unsaturated/α-hetero) is 1. The molecular formula is C31H33N3O3. The summed E-state index contributed by atoms with van der Waals surface area (Å²) in [5, 5.41) is 17.8. The Labute approximate surface area is 217 Å². The Bertz CT molecular complexity index is 1470. The van der Waals surface area contributed by atoms with E-state index in [1.165, 1.54) is 6.42 Å². The molecule has 6 heteroatoms. The molecule has 0 unspecified atom stereocenters. The number of allylic oxidation sites excluding steroid dienone is 1. The lowest BCUT2D eigenvalue weighted by Crippen LogP contribution is -2.37. The fraction of sp³-hybridized carbons (Fsp3) is 0.387. The molecule has 3 aromatic rings. The van der Waals surface area contributed by atoms with E-state index in [0.717, 1.165) is 70.4 Å². The number of carbonyl (C=O) groups excluding carboxylic acids is 1. The standard InChI is InChI=1S/C31H33N3O3/c1-19-7-6-14-33(18-19)26-13-11-21(34(36)37)15-23(26)30-29-24(16-31(2,3)17-27(29)35)28-22-9-5-4-8-20(22)10-12-25(28)32-30/h4-5,8-13,15,19,30,32H,6-7,14,16-18H2,1-3H3/t19-,30-/m0/s1. The van der Waals surface area contributed by atoms with E-state index in [9.17, 15) is 14.9 Å². The second-order valence-electron chi connectivity index (χ2n) is 11.8. The molecule has 0 radical (unpaired) electrons. The number of piperidine rings is 1. The van der Waals surface area contributed by atoms with Crippen LogP contribution in [0, 0.1) is 21.4 Å². The number of carbonyl (C=O) groups is 1. The van der Waals surface area contributed by atoms with Crippen LogP contribution in [0.15, 0.2) is 60.2 Å². The minimum absolute atomic E-state index is 0.0562. The van der Waals surface area contributed by atoms with E-state index >= 15 is 0 Å². The summed E-state index contributed by atoms with van der Waals surface area (Å²) in [7, 11) is 0. The molecule has 1 saturated heterocycles. The van der Waals surface area contributed by atoms with E-state index < -0.39 is 6.04 Å². The predicted molar refractivity (Wildman–Crippen MR) is 149 cm³/mol. The van der Waals surface area contributed by atoms with Crippen LogP contribution in [-0.2, 0) is 4.79 Å². The highest BCUT2D eigenvalue weighted by Crippen LogP contribution is 2.53. The summed E-state index contributed by atoms with van der Waals surface area (Å²) in [5.74, 6) is 0.682. The Morgan fingerprint density at radius 3 is 2.68 bits per heavy atom. The van der Waals surface area contributed by atoms with Crippen LogP contribution in [0.3, 0.4) is 0 Å². The molecule has 0 amide bonds. The van der Waals surface area contributed by atoms with Crippen molar-refractivity contribution in [3.63, 3.8) is 0 Å². The molecular weight excluding hydrogens is 462 g/mol. The van der Waals surface area contributed by atoms with Gasteiger partial charge in [0.25, 0.3) is 5.69 Å². The van der Waals surface area contributed by atoms with E-state index in [1.807, 2.05) is 18.2 Å². The average Bonchev–Trinajstić information content (AvgIpc) is 2.86. The summed E-state index contributed by atoms with van der Waals surface area (Å²) in [6.45, 7) is 8.39. The van der Waals surface area contributed by atoms with Crippen LogP contribution in [-0.4, -0.2) is 23.8 Å². The van der Waals surface area contributed by atoms with E-state index in [-0.39, 0.29) is 21.8 Å². The highest BCUT2D eigenvalue weighted by atomic mass is 16.6. The number of hydrogen-bond donors (Lipinski definition) is 1. The van der Waals surface area contributed by atoms with E-state index in [4.69, 9.17) is 0 Å². The summed E-state index contributed by atoms with van der Waals surface area (Å²) in [5.41, 5.74) is 5.66. The van der Waals surface area contributed by atoms with Gasteiger partial charge in [0.1, 0.15) is 0 Å². The maximum absolute atomic E-state index is 13.9. The average molecular weight is 496 g/mol. The number of ketones is 1. The van der Waals surface area contributed by atoms with Gasteiger partial charge in [0.2, 0.25) is 0 Å². The molecule has 3 aliphatic rings. The molecule has 2 aliphatic heterocycles. The number of rotatable bonds is 3. The summed E-state index contributed by atoms with van der Waals surface area (Å²) >= 11 is 0. The van der Waals surface area contributed by atoms with Gasteiger partial charge in [0.05, 0.1) is 11.0 Å². The van der Waals surface area contributed by atoms with Crippen molar-refractivity contribution < 1.29 is 9.72 Å². The van der Waals surface area contributed by atoms with Gasteiger partial charge in [-0.15, -0.1) is 0 Å². The molecule has 37 heavy (non-hydrogen) atoms. The highest BCUT2D eigenvalue weighted by molar-refractivity contribution is 6.13. The van der Waals surface area contributed by atoms with Gasteiger partial charge in [-0.25, -0.2) is 0 Å². The van der Waals surface area contributed by atoms with Crippen molar-refractivity contribution in [1.82, 2.24) is 0 Å². The molecule has 0 aromatic heterocycles. The number of nitro benzene ring substituents is 1. The van der Waals surface area contributed by atoms with Gasteiger partial charge >= 0.3 is 0 Å². The Hall–Kier alpha value is -3.67. The van der Waals surface area contributed by atoms with Gasteiger partial charge in [-0.05, 0) is 59.1 Å². The topological polar surface area (TPSA) is 75.5 Å². The van der Waals surface area contributed by atoms with Crippen LogP contribution in [0.25, 0.3) is 16.3 Å². The maximum Gasteiger partial charge on any atom is 0.269 e. The zero-order valence-electron chi connectivity index (χ0n) is 21.7. The SMILES string of the molecule is C[C@H]1CCCN(c2ccc([N+](=O)[O-])cc2[C@@H]2Nc3ccc4ccccc4c3C3=C2C(=O)CC(C)(C)C3)C1. The Kier molecular flexibility index (Phi) is 5.59. The monoisotopic (exact) mass is 495 g/mol. The molecule has 0 bridgehead atoms. The molecule has 3 aromatic carbocycles. The first-order valence-corrected chi connectivity index (χ1v) is 13.3. The molecule has 6 nitrogen and oxygen atoms in total. The van der Waals surface area contributed by atoms with Gasteiger partial charge < -0.3 is 10.2 Å². The molecule has 2 heterocycles. The lowest BCUT2D eigenvalue weighted by molar-refractivity contribution is -0.384. The minimum Gasteiger partial charge on any atom is -0.373 e. The van der Waals surface area contributed by atoms with E-state index in [2.05, 4.69) is 55.3 Å². The number of nitro groups is 1. The van der Waals surface area contributed by atoms with Crippen LogP contribution >= 0.6 is 0 Å². The van der Waals surface area contributed by atoms with Crippen molar-refractivity contribution in [2.75, 3.05) is 23.3 Å². The third kappa shape index (κ3) is 4.08. The lowest BCUT2D eigenvalue weighted by Gasteiger charge is -2.41. The van der Waals surface area contributed by atoms with Gasteiger partial charge in [-0.3, -0.25) is 14.9 Å². The Morgan fingerprint density at radius 1 is 1.08 bits per heavy atom. The summed E-state index contributed by atoms with van der Waals surface area (Å²) in [6.07, 6.45) is 3.53. The summed E-state index contributed by atoms with van der Waals surface area (Å²) in [6, 6.07) is 17.3. The molecule has 1 N–H and O–H groups in total. The zero-order valence-corrected chi connectivity index (χ0v) is 21.7. The number of fused-ring (bicyclic) bond motifs is 4. The fourth-order valence-electron chi connectivity index (χ4n) is 6.65. The molecule has 2 atom stereocenters. The third-order valence-corrected chi connectivity index (χ3v) is 8.27. The normalized spacial score (nSPS) is 22.9. The molecule has 0 saturated carbocycles.